The Morgan fingerprint density at radius 2 is 2.00 bits per heavy atom. The van der Waals surface area contributed by atoms with Crippen LogP contribution < -0.4 is 5.56 Å². The molecule has 0 bridgehead atoms. The highest BCUT2D eigenvalue weighted by Crippen LogP contribution is 2.29. The number of aromatic amines is 1. The molecule has 1 saturated heterocycles. The number of benzene rings is 1. The number of aromatic nitrogens is 2. The lowest BCUT2D eigenvalue weighted by Crippen LogP contribution is -2.34. The second-order valence-corrected chi connectivity index (χ2v) is 6.86. The first-order valence-corrected chi connectivity index (χ1v) is 8.86. The van der Waals surface area contributed by atoms with E-state index in [1.807, 2.05) is 0 Å². The van der Waals surface area contributed by atoms with Gasteiger partial charge in [0.1, 0.15) is 12.4 Å². The van der Waals surface area contributed by atoms with E-state index in [-0.39, 0.29) is 23.0 Å². The smallest absolute Gasteiger partial charge is 0.261 e. The van der Waals surface area contributed by atoms with Crippen LogP contribution in [0.5, 0.6) is 0 Å². The summed E-state index contributed by atoms with van der Waals surface area (Å²) < 4.78 is 14.9. The second kappa shape index (κ2) is 6.61. The molecule has 1 aliphatic heterocycles. The Morgan fingerprint density at radius 1 is 1.23 bits per heavy atom. The highest BCUT2D eigenvalue weighted by molar-refractivity contribution is 6.31. The summed E-state index contributed by atoms with van der Waals surface area (Å²) in [5.74, 6) is -0.560. The minimum absolute atomic E-state index is 0.00248. The van der Waals surface area contributed by atoms with Gasteiger partial charge in [-0.2, -0.15) is 0 Å². The molecular weight excluding hydrogens is 357 g/mol. The third-order valence-corrected chi connectivity index (χ3v) is 5.09. The molecule has 26 heavy (non-hydrogen) atoms. The van der Waals surface area contributed by atoms with Crippen LogP contribution in [-0.4, -0.2) is 33.4 Å². The van der Waals surface area contributed by atoms with Gasteiger partial charge >= 0.3 is 0 Å². The zero-order valence-electron chi connectivity index (χ0n) is 14.0. The van der Waals surface area contributed by atoms with Gasteiger partial charge in [-0.05, 0) is 36.6 Å². The van der Waals surface area contributed by atoms with Crippen molar-refractivity contribution in [1.29, 1.82) is 0 Å². The largest absolute Gasteiger partial charge is 0.360 e. The monoisotopic (exact) mass is 373 g/mol. The fraction of sp³-hybridized carbons (Fsp3) is 0.263. The van der Waals surface area contributed by atoms with Crippen LogP contribution in [0.1, 0.15) is 12.8 Å². The molecule has 0 radical (unpaired) electrons. The number of halogens is 2. The molecule has 4 rings (SSSR count). The molecule has 0 atom stereocenters. The molecule has 1 fully saturated rings. The molecule has 2 aromatic heterocycles. The van der Waals surface area contributed by atoms with Crippen LogP contribution in [0.15, 0.2) is 41.5 Å². The lowest BCUT2D eigenvalue weighted by molar-refractivity contribution is -0.130. The van der Waals surface area contributed by atoms with E-state index in [1.54, 1.807) is 29.4 Å². The van der Waals surface area contributed by atoms with Crippen molar-refractivity contribution >= 4 is 28.4 Å². The zero-order chi connectivity index (χ0) is 18.3. The first-order chi connectivity index (χ1) is 12.5. The number of fused-ring (bicyclic) bond motifs is 1. The number of rotatable bonds is 3. The second-order valence-electron chi connectivity index (χ2n) is 6.46. The lowest BCUT2D eigenvalue weighted by Gasteiger charge is -2.16. The Morgan fingerprint density at radius 3 is 2.73 bits per heavy atom. The van der Waals surface area contributed by atoms with Crippen molar-refractivity contribution in [3.05, 3.63) is 57.9 Å². The summed E-state index contributed by atoms with van der Waals surface area (Å²) >= 11 is 5.88. The number of carbonyl (C=O) groups excluding carboxylic acids is 1. The van der Waals surface area contributed by atoms with Crippen molar-refractivity contribution in [1.82, 2.24) is 14.5 Å². The van der Waals surface area contributed by atoms with Gasteiger partial charge in [0.05, 0.1) is 15.9 Å². The highest BCUT2D eigenvalue weighted by Gasteiger charge is 2.19. The molecule has 7 heteroatoms. The molecule has 1 aliphatic rings. The topological polar surface area (TPSA) is 58.1 Å². The molecule has 1 aromatic carbocycles. The van der Waals surface area contributed by atoms with Gasteiger partial charge in [-0.1, -0.05) is 17.7 Å². The number of pyridine rings is 1. The van der Waals surface area contributed by atoms with E-state index in [9.17, 15) is 14.0 Å². The zero-order valence-corrected chi connectivity index (χ0v) is 14.7. The molecule has 134 valence electrons. The third kappa shape index (κ3) is 2.90. The maximum Gasteiger partial charge on any atom is 0.261 e. The van der Waals surface area contributed by atoms with Crippen molar-refractivity contribution in [3.8, 4) is 11.1 Å². The molecule has 5 nitrogen and oxygen atoms in total. The number of likely N-dealkylation sites (tertiary alicyclic amines) is 1. The van der Waals surface area contributed by atoms with Crippen molar-refractivity contribution in [2.45, 2.75) is 19.4 Å². The summed E-state index contributed by atoms with van der Waals surface area (Å²) in [6.45, 7) is 1.52. The Bertz CT molecular complexity index is 1050. The van der Waals surface area contributed by atoms with Crippen LogP contribution in [0.4, 0.5) is 4.39 Å². The summed E-state index contributed by atoms with van der Waals surface area (Å²) in [4.78, 5) is 30.2. The molecule has 3 aromatic rings. The van der Waals surface area contributed by atoms with Gasteiger partial charge in [0.2, 0.25) is 5.91 Å². The standard InChI is InChI=1S/C19H17ClFN3O2/c20-14-9-12(3-4-15(14)21)13-10-22-16-5-8-24(19(26)18(13)16)11-17(25)23-6-1-2-7-23/h3-5,8-10,22H,1-2,6-7,11H2. The van der Waals surface area contributed by atoms with Crippen LogP contribution >= 0.6 is 11.6 Å². The van der Waals surface area contributed by atoms with Gasteiger partial charge in [0, 0.05) is 31.0 Å². The number of H-pyrrole nitrogens is 1. The van der Waals surface area contributed by atoms with E-state index >= 15 is 0 Å². The summed E-state index contributed by atoms with van der Waals surface area (Å²) in [7, 11) is 0. The number of hydrogen-bond acceptors (Lipinski definition) is 2. The Kier molecular flexibility index (Phi) is 4.28. The summed E-state index contributed by atoms with van der Waals surface area (Å²) in [6, 6.07) is 6.11. The summed E-state index contributed by atoms with van der Waals surface area (Å²) in [5.41, 5.74) is 1.68. The molecule has 0 spiro atoms. The molecular formula is C19H17ClFN3O2. The molecule has 3 heterocycles. The minimum atomic E-state index is -0.510. The van der Waals surface area contributed by atoms with Crippen LogP contribution in [0.3, 0.4) is 0 Å². The first-order valence-electron chi connectivity index (χ1n) is 8.48. The summed E-state index contributed by atoms with van der Waals surface area (Å²) in [5, 5.41) is 0.460. The fourth-order valence-electron chi connectivity index (χ4n) is 3.41. The van der Waals surface area contributed by atoms with E-state index in [2.05, 4.69) is 4.98 Å². The predicted octanol–water partition coefficient (Wildman–Crippen LogP) is 3.41. The first kappa shape index (κ1) is 16.8. The summed E-state index contributed by atoms with van der Waals surface area (Å²) in [6.07, 6.45) is 5.33. The van der Waals surface area contributed by atoms with Gasteiger partial charge in [-0.15, -0.1) is 0 Å². The number of carbonyl (C=O) groups is 1. The molecule has 0 unspecified atom stereocenters. The maximum absolute atomic E-state index is 13.4. The normalized spacial score (nSPS) is 14.3. The molecule has 1 amide bonds. The van der Waals surface area contributed by atoms with Crippen molar-refractivity contribution in [2.75, 3.05) is 13.1 Å². The van der Waals surface area contributed by atoms with Crippen LogP contribution in [-0.2, 0) is 11.3 Å². The van der Waals surface area contributed by atoms with Gasteiger partial charge < -0.3 is 14.5 Å². The van der Waals surface area contributed by atoms with Crippen LogP contribution in [0.25, 0.3) is 22.0 Å². The van der Waals surface area contributed by atoms with Crippen LogP contribution in [0, 0.1) is 5.82 Å². The van der Waals surface area contributed by atoms with Crippen molar-refractivity contribution in [2.24, 2.45) is 0 Å². The van der Waals surface area contributed by atoms with Gasteiger partial charge in [0.25, 0.3) is 5.56 Å². The average Bonchev–Trinajstić information content (AvgIpc) is 3.29. The Labute approximate surface area is 154 Å². The van der Waals surface area contributed by atoms with E-state index in [0.29, 0.717) is 22.0 Å². The third-order valence-electron chi connectivity index (χ3n) is 4.80. The molecule has 0 aliphatic carbocycles. The van der Waals surface area contributed by atoms with Crippen molar-refractivity contribution in [3.63, 3.8) is 0 Å². The fourth-order valence-corrected chi connectivity index (χ4v) is 3.59. The average molecular weight is 374 g/mol. The van der Waals surface area contributed by atoms with Gasteiger partial charge in [0.15, 0.2) is 0 Å². The SMILES string of the molecule is O=C(Cn1ccc2[nH]cc(-c3ccc(F)c(Cl)c3)c2c1=O)N1CCCC1. The van der Waals surface area contributed by atoms with E-state index < -0.39 is 5.82 Å². The highest BCUT2D eigenvalue weighted by atomic mass is 35.5. The Balaban J connectivity index is 1.75. The maximum atomic E-state index is 13.4. The van der Waals surface area contributed by atoms with E-state index in [4.69, 9.17) is 11.6 Å². The van der Waals surface area contributed by atoms with Gasteiger partial charge in [-0.3, -0.25) is 9.59 Å². The number of amides is 1. The Hall–Kier alpha value is -2.60. The minimum Gasteiger partial charge on any atom is -0.360 e. The number of hydrogen-bond donors (Lipinski definition) is 1. The number of nitrogens with one attached hydrogen (secondary N) is 1. The van der Waals surface area contributed by atoms with E-state index in [0.717, 1.165) is 25.9 Å². The number of nitrogens with zero attached hydrogens (tertiary/aromatic N) is 2. The van der Waals surface area contributed by atoms with Crippen molar-refractivity contribution < 1.29 is 9.18 Å². The van der Waals surface area contributed by atoms with Crippen LogP contribution in [0.2, 0.25) is 5.02 Å². The quantitative estimate of drug-likeness (QED) is 0.764. The van der Waals surface area contributed by atoms with E-state index in [1.165, 1.54) is 16.7 Å². The molecule has 1 N–H and O–H groups in total. The lowest BCUT2D eigenvalue weighted by atomic mass is 10.1. The van der Waals surface area contributed by atoms with Gasteiger partial charge in [-0.25, -0.2) is 4.39 Å². The predicted molar refractivity (Wildman–Crippen MR) is 98.8 cm³/mol. The molecule has 0 saturated carbocycles.